The number of primary amides is 1. The van der Waals surface area contributed by atoms with Crippen molar-refractivity contribution >= 4 is 12.1 Å². The Balaban J connectivity index is 0.000000175. The summed E-state index contributed by atoms with van der Waals surface area (Å²) in [5.74, 6) is -0.379. The Morgan fingerprint density at radius 2 is 1.69 bits per heavy atom. The lowest BCUT2D eigenvalue weighted by Gasteiger charge is -1.89. The van der Waals surface area contributed by atoms with E-state index in [4.69, 9.17) is 5.73 Å². The molecule has 3 nitrogen and oxygen atoms in total. The average molecular weight is 174 g/mol. The highest BCUT2D eigenvalue weighted by atomic mass is 16.1. The fraction of sp³-hybridized carbons (Fsp3) is 0. The molecule has 0 aromatic heterocycles. The van der Waals surface area contributed by atoms with Gasteiger partial charge < -0.3 is 5.73 Å². The van der Waals surface area contributed by atoms with Crippen molar-refractivity contribution in [3.63, 3.8) is 0 Å². The third-order valence-electron chi connectivity index (χ3n) is 1.40. The lowest BCUT2D eigenvalue weighted by atomic mass is 10.2. The first-order valence-corrected chi connectivity index (χ1v) is 3.84. The van der Waals surface area contributed by atoms with Crippen LogP contribution in [0.2, 0.25) is 0 Å². The number of benzene rings is 1. The highest BCUT2D eigenvalue weighted by molar-refractivity contribution is 5.92. The SMILES string of the molecule is C1=CN=C1.NC(=O)c1ccccc1. The van der Waals surface area contributed by atoms with Crippen LogP contribution in [0.15, 0.2) is 47.6 Å². The zero-order chi connectivity index (χ0) is 9.52. The van der Waals surface area contributed by atoms with E-state index in [9.17, 15) is 4.79 Å². The number of rotatable bonds is 1. The summed E-state index contributed by atoms with van der Waals surface area (Å²) in [6.07, 6.45) is 5.39. The van der Waals surface area contributed by atoms with Crippen molar-refractivity contribution in [1.82, 2.24) is 0 Å². The number of nitrogens with zero attached hydrogens (tertiary/aromatic N) is 1. The van der Waals surface area contributed by atoms with Crippen molar-refractivity contribution in [3.8, 4) is 0 Å². The normalized spacial score (nSPS) is 11.1. The molecule has 0 saturated heterocycles. The van der Waals surface area contributed by atoms with Gasteiger partial charge in [0.25, 0.3) is 0 Å². The highest BCUT2D eigenvalue weighted by Gasteiger charge is 1.93. The van der Waals surface area contributed by atoms with E-state index in [0.29, 0.717) is 5.56 Å². The van der Waals surface area contributed by atoms with Crippen LogP contribution >= 0.6 is 0 Å². The Labute approximate surface area is 76.6 Å². The molecular formula is C10H10N2O. The Kier molecular flexibility index (Phi) is 3.45. The standard InChI is InChI=1S/C7H7NO.C3H3N/c8-7(9)6-4-2-1-3-5-6;1-2-4-3-1/h1-5H,(H2,8,9);1-3H. The average Bonchev–Trinajstić information content (AvgIpc) is 2.03. The molecule has 0 atom stereocenters. The molecule has 3 heteroatoms. The van der Waals surface area contributed by atoms with Gasteiger partial charge in [-0.25, -0.2) is 0 Å². The van der Waals surface area contributed by atoms with E-state index < -0.39 is 0 Å². The molecule has 0 bridgehead atoms. The number of hydrogen-bond donors (Lipinski definition) is 1. The van der Waals surface area contributed by atoms with Gasteiger partial charge in [-0.1, -0.05) is 18.2 Å². The van der Waals surface area contributed by atoms with Crippen molar-refractivity contribution in [2.45, 2.75) is 0 Å². The van der Waals surface area contributed by atoms with E-state index in [1.165, 1.54) is 0 Å². The van der Waals surface area contributed by atoms with Crippen molar-refractivity contribution < 1.29 is 4.79 Å². The fourth-order valence-electron chi connectivity index (χ4n) is 0.688. The van der Waals surface area contributed by atoms with E-state index in [1.54, 1.807) is 36.7 Å². The maximum atomic E-state index is 10.4. The van der Waals surface area contributed by atoms with Crippen LogP contribution in [0.25, 0.3) is 0 Å². The van der Waals surface area contributed by atoms with Crippen LogP contribution in [0.5, 0.6) is 0 Å². The molecule has 1 aliphatic heterocycles. The van der Waals surface area contributed by atoms with Gasteiger partial charge in [-0.2, -0.15) is 0 Å². The molecule has 13 heavy (non-hydrogen) atoms. The van der Waals surface area contributed by atoms with Gasteiger partial charge in [0.1, 0.15) is 0 Å². The second-order valence-corrected chi connectivity index (χ2v) is 2.37. The molecule has 1 amide bonds. The number of nitrogens with two attached hydrogens (primary N) is 1. The Morgan fingerprint density at radius 3 is 1.92 bits per heavy atom. The van der Waals surface area contributed by atoms with Crippen LogP contribution in [-0.2, 0) is 0 Å². The zero-order valence-electron chi connectivity index (χ0n) is 7.05. The second kappa shape index (κ2) is 4.87. The van der Waals surface area contributed by atoms with Crippen molar-refractivity contribution in [3.05, 3.63) is 48.2 Å². The molecule has 0 saturated carbocycles. The predicted molar refractivity (Wildman–Crippen MR) is 52.6 cm³/mol. The summed E-state index contributed by atoms with van der Waals surface area (Å²) in [4.78, 5) is 14.0. The monoisotopic (exact) mass is 174 g/mol. The molecule has 2 rings (SSSR count). The molecule has 1 aromatic carbocycles. The van der Waals surface area contributed by atoms with Gasteiger partial charge in [0.15, 0.2) is 0 Å². The summed E-state index contributed by atoms with van der Waals surface area (Å²) >= 11 is 0. The van der Waals surface area contributed by atoms with Gasteiger partial charge in [-0.3, -0.25) is 9.79 Å². The second-order valence-electron chi connectivity index (χ2n) is 2.37. The van der Waals surface area contributed by atoms with Crippen LogP contribution in [-0.4, -0.2) is 12.1 Å². The Bertz CT molecular complexity index is 310. The lowest BCUT2D eigenvalue weighted by molar-refractivity contribution is 0.100. The quantitative estimate of drug-likeness (QED) is 0.686. The first-order valence-electron chi connectivity index (χ1n) is 3.84. The minimum absolute atomic E-state index is 0.379. The van der Waals surface area contributed by atoms with Gasteiger partial charge in [-0.05, 0) is 18.2 Å². The third kappa shape index (κ3) is 3.33. The smallest absolute Gasteiger partial charge is 0.248 e. The maximum Gasteiger partial charge on any atom is 0.248 e. The minimum Gasteiger partial charge on any atom is -0.366 e. The van der Waals surface area contributed by atoms with E-state index in [2.05, 4.69) is 4.99 Å². The number of allylic oxidation sites excluding steroid dienone is 1. The number of aliphatic imine (C=N–C) groups is 1. The van der Waals surface area contributed by atoms with Crippen molar-refractivity contribution in [1.29, 1.82) is 0 Å². The van der Waals surface area contributed by atoms with Crippen molar-refractivity contribution in [2.75, 3.05) is 0 Å². The van der Waals surface area contributed by atoms with E-state index >= 15 is 0 Å². The van der Waals surface area contributed by atoms with E-state index in [1.807, 2.05) is 12.1 Å². The van der Waals surface area contributed by atoms with Gasteiger partial charge in [-0.15, -0.1) is 0 Å². The predicted octanol–water partition coefficient (Wildman–Crippen LogP) is 1.37. The van der Waals surface area contributed by atoms with Crippen LogP contribution < -0.4 is 5.73 Å². The number of amides is 1. The first kappa shape index (κ1) is 9.19. The molecule has 1 aromatic rings. The maximum absolute atomic E-state index is 10.4. The van der Waals surface area contributed by atoms with Crippen LogP contribution in [0.3, 0.4) is 0 Å². The molecule has 1 aliphatic rings. The lowest BCUT2D eigenvalue weighted by Crippen LogP contribution is -2.09. The van der Waals surface area contributed by atoms with Crippen LogP contribution in [0, 0.1) is 0 Å². The van der Waals surface area contributed by atoms with Crippen LogP contribution in [0.4, 0.5) is 0 Å². The topological polar surface area (TPSA) is 55.4 Å². The molecular weight excluding hydrogens is 164 g/mol. The number of carbonyl (C=O) groups is 1. The molecule has 0 unspecified atom stereocenters. The largest absolute Gasteiger partial charge is 0.366 e. The first-order chi connectivity index (χ1) is 6.30. The zero-order valence-corrected chi connectivity index (χ0v) is 7.05. The van der Waals surface area contributed by atoms with Gasteiger partial charge in [0.2, 0.25) is 5.91 Å². The molecule has 66 valence electrons. The summed E-state index contributed by atoms with van der Waals surface area (Å²) < 4.78 is 0. The Hall–Kier alpha value is -1.90. The Morgan fingerprint density at radius 1 is 1.23 bits per heavy atom. The van der Waals surface area contributed by atoms with E-state index in [-0.39, 0.29) is 5.91 Å². The summed E-state index contributed by atoms with van der Waals surface area (Å²) in [6.45, 7) is 0. The van der Waals surface area contributed by atoms with E-state index in [0.717, 1.165) is 0 Å². The number of carbonyl (C=O) groups excluding carboxylic acids is 1. The van der Waals surface area contributed by atoms with Gasteiger partial charge in [0.05, 0.1) is 0 Å². The number of hydrogen-bond acceptors (Lipinski definition) is 2. The highest BCUT2D eigenvalue weighted by Crippen LogP contribution is 1.94. The third-order valence-corrected chi connectivity index (χ3v) is 1.40. The fourth-order valence-corrected chi connectivity index (χ4v) is 0.688. The van der Waals surface area contributed by atoms with Gasteiger partial charge >= 0.3 is 0 Å². The van der Waals surface area contributed by atoms with Crippen molar-refractivity contribution in [2.24, 2.45) is 10.7 Å². The molecule has 0 radical (unpaired) electrons. The molecule has 2 N–H and O–H groups in total. The van der Waals surface area contributed by atoms with Gasteiger partial charge in [0, 0.05) is 18.0 Å². The molecule has 0 spiro atoms. The molecule has 0 fully saturated rings. The summed E-state index contributed by atoms with van der Waals surface area (Å²) in [5, 5.41) is 0. The summed E-state index contributed by atoms with van der Waals surface area (Å²) in [7, 11) is 0. The summed E-state index contributed by atoms with van der Waals surface area (Å²) in [5.41, 5.74) is 5.53. The summed E-state index contributed by atoms with van der Waals surface area (Å²) in [6, 6.07) is 8.76. The molecule has 0 aliphatic carbocycles. The van der Waals surface area contributed by atoms with Crippen LogP contribution in [0.1, 0.15) is 10.4 Å². The molecule has 1 heterocycles. The minimum atomic E-state index is -0.379.